The third-order valence-electron chi connectivity index (χ3n) is 4.31. The van der Waals surface area contributed by atoms with Crippen LogP contribution in [0, 0.1) is 11.6 Å². The van der Waals surface area contributed by atoms with Crippen molar-refractivity contribution in [1.82, 2.24) is 15.1 Å². The number of hydrogen-bond acceptors (Lipinski definition) is 3. The quantitative estimate of drug-likeness (QED) is 0.906. The molecule has 1 fully saturated rings. The molecule has 0 aliphatic carbocycles. The molecule has 128 valence electrons. The van der Waals surface area contributed by atoms with E-state index in [1.165, 1.54) is 11.0 Å². The van der Waals surface area contributed by atoms with Gasteiger partial charge in [-0.3, -0.25) is 9.89 Å². The molecule has 0 bridgehead atoms. The largest absolute Gasteiger partial charge is 0.391 e. The van der Waals surface area contributed by atoms with Gasteiger partial charge in [0.1, 0.15) is 5.69 Å². The van der Waals surface area contributed by atoms with Crippen molar-refractivity contribution in [3.8, 4) is 0 Å². The van der Waals surface area contributed by atoms with Crippen LogP contribution in [-0.2, 0) is 0 Å². The molecule has 1 aromatic heterocycles. The van der Waals surface area contributed by atoms with E-state index in [1.807, 2.05) is 13.8 Å². The SMILES string of the molecule is CC(C)c1cc(C(=O)N2C[C@H](O)C[C@H]2c2ccc(F)c(F)c2)n[nH]1. The summed E-state index contributed by atoms with van der Waals surface area (Å²) in [6.45, 7) is 4.09. The molecule has 2 N–H and O–H groups in total. The van der Waals surface area contributed by atoms with Gasteiger partial charge in [-0.1, -0.05) is 19.9 Å². The Kier molecular flexibility index (Phi) is 4.36. The smallest absolute Gasteiger partial charge is 0.274 e. The Hall–Kier alpha value is -2.28. The number of likely N-dealkylation sites (tertiary alicyclic amines) is 1. The number of aromatic amines is 1. The summed E-state index contributed by atoms with van der Waals surface area (Å²) in [5, 5.41) is 16.8. The van der Waals surface area contributed by atoms with Crippen LogP contribution in [0.1, 0.15) is 54.0 Å². The number of H-pyrrole nitrogens is 1. The summed E-state index contributed by atoms with van der Waals surface area (Å²) in [6, 6.07) is 4.71. The third kappa shape index (κ3) is 3.03. The van der Waals surface area contributed by atoms with Gasteiger partial charge in [-0.05, 0) is 36.1 Å². The monoisotopic (exact) mass is 335 g/mol. The maximum Gasteiger partial charge on any atom is 0.274 e. The summed E-state index contributed by atoms with van der Waals surface area (Å²) in [5.74, 6) is -2.05. The first-order chi connectivity index (χ1) is 11.4. The number of amides is 1. The van der Waals surface area contributed by atoms with E-state index in [-0.39, 0.29) is 30.5 Å². The summed E-state index contributed by atoms with van der Waals surface area (Å²) in [7, 11) is 0. The van der Waals surface area contributed by atoms with Gasteiger partial charge in [0.15, 0.2) is 11.6 Å². The number of rotatable bonds is 3. The van der Waals surface area contributed by atoms with Gasteiger partial charge in [0, 0.05) is 12.2 Å². The fourth-order valence-corrected chi connectivity index (χ4v) is 2.96. The van der Waals surface area contributed by atoms with Crippen molar-refractivity contribution in [1.29, 1.82) is 0 Å². The molecule has 0 radical (unpaired) electrons. The second kappa shape index (κ2) is 6.32. The zero-order valence-corrected chi connectivity index (χ0v) is 13.5. The van der Waals surface area contributed by atoms with Gasteiger partial charge in [-0.25, -0.2) is 8.78 Å². The van der Waals surface area contributed by atoms with E-state index in [1.54, 1.807) is 6.07 Å². The lowest BCUT2D eigenvalue weighted by Gasteiger charge is -2.24. The average Bonchev–Trinajstić information content (AvgIpc) is 3.16. The summed E-state index contributed by atoms with van der Waals surface area (Å²) in [4.78, 5) is 14.2. The number of carbonyl (C=O) groups excluding carboxylic acids is 1. The van der Waals surface area contributed by atoms with Gasteiger partial charge in [-0.2, -0.15) is 5.10 Å². The number of nitrogens with zero attached hydrogens (tertiary/aromatic N) is 2. The summed E-state index contributed by atoms with van der Waals surface area (Å²) in [5.41, 5.74) is 1.54. The molecule has 1 saturated heterocycles. The lowest BCUT2D eigenvalue weighted by Crippen LogP contribution is -2.32. The van der Waals surface area contributed by atoms with E-state index in [0.717, 1.165) is 17.8 Å². The molecule has 1 aliphatic heterocycles. The number of carbonyl (C=O) groups is 1. The number of halogens is 2. The number of β-amino-alcohol motifs (C(OH)–C–C–N with tert-alkyl or cyclic N) is 1. The van der Waals surface area contributed by atoms with Crippen LogP contribution in [0.15, 0.2) is 24.3 Å². The van der Waals surface area contributed by atoms with Crippen LogP contribution in [0.25, 0.3) is 0 Å². The molecule has 7 heteroatoms. The molecule has 2 atom stereocenters. The fraction of sp³-hybridized carbons (Fsp3) is 0.412. The minimum atomic E-state index is -0.969. The maximum atomic E-state index is 13.5. The molecule has 2 heterocycles. The van der Waals surface area contributed by atoms with Gasteiger partial charge in [0.25, 0.3) is 5.91 Å². The van der Waals surface area contributed by atoms with E-state index in [2.05, 4.69) is 10.2 Å². The Balaban J connectivity index is 1.89. The summed E-state index contributed by atoms with van der Waals surface area (Å²) < 4.78 is 26.7. The van der Waals surface area contributed by atoms with Crippen LogP contribution in [-0.4, -0.2) is 38.8 Å². The first-order valence-electron chi connectivity index (χ1n) is 7.86. The molecule has 1 amide bonds. The Morgan fingerprint density at radius 2 is 2.08 bits per heavy atom. The van der Waals surface area contributed by atoms with Crippen LogP contribution in [0.4, 0.5) is 8.78 Å². The predicted octanol–water partition coefficient (Wildman–Crippen LogP) is 2.76. The number of aliphatic hydroxyl groups excluding tert-OH is 1. The molecular weight excluding hydrogens is 316 g/mol. The van der Waals surface area contributed by atoms with E-state index in [0.29, 0.717) is 5.56 Å². The van der Waals surface area contributed by atoms with E-state index >= 15 is 0 Å². The van der Waals surface area contributed by atoms with Gasteiger partial charge in [-0.15, -0.1) is 0 Å². The molecule has 1 aromatic carbocycles. The highest BCUT2D eigenvalue weighted by atomic mass is 19.2. The normalized spacial score (nSPS) is 20.8. The summed E-state index contributed by atoms with van der Waals surface area (Å²) >= 11 is 0. The third-order valence-corrected chi connectivity index (χ3v) is 4.31. The van der Waals surface area contributed by atoms with Crippen molar-refractivity contribution in [2.75, 3.05) is 6.54 Å². The minimum absolute atomic E-state index is 0.131. The average molecular weight is 335 g/mol. The van der Waals surface area contributed by atoms with E-state index in [4.69, 9.17) is 0 Å². The topological polar surface area (TPSA) is 69.2 Å². The number of nitrogens with one attached hydrogen (secondary N) is 1. The highest BCUT2D eigenvalue weighted by Crippen LogP contribution is 2.34. The first-order valence-corrected chi connectivity index (χ1v) is 7.86. The van der Waals surface area contributed by atoms with Crippen molar-refractivity contribution < 1.29 is 18.7 Å². The van der Waals surface area contributed by atoms with E-state index < -0.39 is 23.8 Å². The lowest BCUT2D eigenvalue weighted by atomic mass is 10.0. The van der Waals surface area contributed by atoms with Crippen molar-refractivity contribution in [3.63, 3.8) is 0 Å². The summed E-state index contributed by atoms with van der Waals surface area (Å²) in [6.07, 6.45) is -0.436. The molecule has 24 heavy (non-hydrogen) atoms. The molecule has 5 nitrogen and oxygen atoms in total. The lowest BCUT2D eigenvalue weighted by molar-refractivity contribution is 0.0709. The second-order valence-corrected chi connectivity index (χ2v) is 6.40. The highest BCUT2D eigenvalue weighted by Gasteiger charge is 2.37. The number of aliphatic hydroxyl groups is 1. The highest BCUT2D eigenvalue weighted by molar-refractivity contribution is 5.93. The molecular formula is C17H19F2N3O2. The van der Waals surface area contributed by atoms with Crippen molar-refractivity contribution >= 4 is 5.91 Å². The van der Waals surface area contributed by atoms with Crippen LogP contribution < -0.4 is 0 Å². The van der Waals surface area contributed by atoms with E-state index in [9.17, 15) is 18.7 Å². The minimum Gasteiger partial charge on any atom is -0.391 e. The Bertz CT molecular complexity index is 760. The van der Waals surface area contributed by atoms with Gasteiger partial charge >= 0.3 is 0 Å². The zero-order valence-electron chi connectivity index (χ0n) is 13.5. The molecule has 0 saturated carbocycles. The fourth-order valence-electron chi connectivity index (χ4n) is 2.96. The van der Waals surface area contributed by atoms with Crippen molar-refractivity contribution in [3.05, 3.63) is 52.9 Å². The maximum absolute atomic E-state index is 13.5. The number of hydrogen-bond donors (Lipinski definition) is 2. The van der Waals surface area contributed by atoms with Crippen molar-refractivity contribution in [2.24, 2.45) is 0 Å². The molecule has 1 aliphatic rings. The van der Waals surface area contributed by atoms with Crippen LogP contribution in [0.5, 0.6) is 0 Å². The van der Waals surface area contributed by atoms with Crippen LogP contribution in [0.2, 0.25) is 0 Å². The van der Waals surface area contributed by atoms with Crippen molar-refractivity contribution in [2.45, 2.75) is 38.3 Å². The van der Waals surface area contributed by atoms with Crippen LogP contribution in [0.3, 0.4) is 0 Å². The Labute approximate surface area is 138 Å². The van der Waals surface area contributed by atoms with Gasteiger partial charge < -0.3 is 10.0 Å². The Morgan fingerprint density at radius 3 is 2.71 bits per heavy atom. The van der Waals surface area contributed by atoms with Gasteiger partial charge in [0.05, 0.1) is 12.1 Å². The number of benzene rings is 1. The van der Waals surface area contributed by atoms with Crippen LogP contribution >= 0.6 is 0 Å². The van der Waals surface area contributed by atoms with Gasteiger partial charge in [0.2, 0.25) is 0 Å². The molecule has 0 unspecified atom stereocenters. The molecule has 0 spiro atoms. The Morgan fingerprint density at radius 1 is 1.33 bits per heavy atom. The second-order valence-electron chi connectivity index (χ2n) is 6.40. The zero-order chi connectivity index (χ0) is 17.4. The molecule has 3 rings (SSSR count). The number of aromatic nitrogens is 2. The standard InChI is InChI=1S/C17H19F2N3O2/c1-9(2)14-7-15(21-20-14)17(24)22-8-11(23)6-16(22)10-3-4-12(18)13(19)5-10/h3-5,7,9,11,16,23H,6,8H2,1-2H3,(H,20,21)/t11-,16+/m1/s1. The molecule has 2 aromatic rings. The first kappa shape index (κ1) is 16.6. The predicted molar refractivity (Wildman–Crippen MR) is 83.4 cm³/mol.